The Hall–Kier alpha value is -0.810. The van der Waals surface area contributed by atoms with Gasteiger partial charge in [0.15, 0.2) is 0 Å². The van der Waals surface area contributed by atoms with E-state index in [4.69, 9.17) is 10.5 Å². The van der Waals surface area contributed by atoms with Gasteiger partial charge in [-0.1, -0.05) is 0 Å². The van der Waals surface area contributed by atoms with E-state index in [1.807, 2.05) is 0 Å². The van der Waals surface area contributed by atoms with E-state index >= 15 is 0 Å². The molecule has 5 heteroatoms. The van der Waals surface area contributed by atoms with Crippen LogP contribution >= 0.6 is 0 Å². The van der Waals surface area contributed by atoms with Gasteiger partial charge < -0.3 is 15.0 Å². The van der Waals surface area contributed by atoms with E-state index < -0.39 is 11.1 Å². The Labute approximate surface area is 73.4 Å². The van der Waals surface area contributed by atoms with Crippen molar-refractivity contribution >= 4 is 11.1 Å². The zero-order valence-electron chi connectivity index (χ0n) is 6.70. The van der Waals surface area contributed by atoms with Crippen LogP contribution in [0.25, 0.3) is 0 Å². The lowest BCUT2D eigenvalue weighted by atomic mass is 10.1. The van der Waals surface area contributed by atoms with Crippen molar-refractivity contribution in [3.8, 4) is 0 Å². The predicted octanol–water partition coefficient (Wildman–Crippen LogP) is 0.360. The molecule has 68 valence electrons. The molecule has 0 heterocycles. The molecule has 0 amide bonds. The molecule has 0 spiro atoms. The summed E-state index contributed by atoms with van der Waals surface area (Å²) in [6, 6.07) is 0. The Morgan fingerprint density at radius 1 is 1.67 bits per heavy atom. The van der Waals surface area contributed by atoms with E-state index in [2.05, 4.69) is 0 Å². The van der Waals surface area contributed by atoms with Crippen molar-refractivity contribution in [3.63, 3.8) is 0 Å². The second-order valence-corrected chi connectivity index (χ2v) is 3.35. The maximum Gasteiger partial charge on any atom is 0.111 e. The fourth-order valence-electron chi connectivity index (χ4n) is 1.05. The van der Waals surface area contributed by atoms with Gasteiger partial charge in [-0.2, -0.15) is 0 Å². The highest BCUT2D eigenvalue weighted by atomic mass is 32.2. The van der Waals surface area contributed by atoms with Crippen LogP contribution in [0.15, 0.2) is 22.4 Å². The first-order valence-electron chi connectivity index (χ1n) is 3.47. The summed E-state index contributed by atoms with van der Waals surface area (Å²) in [5.41, 5.74) is 6.06. The van der Waals surface area contributed by atoms with Crippen molar-refractivity contribution < 1.29 is 13.5 Å². The lowest BCUT2D eigenvalue weighted by Gasteiger charge is -2.18. The molecule has 12 heavy (non-hydrogen) atoms. The first-order valence-corrected chi connectivity index (χ1v) is 4.55. The summed E-state index contributed by atoms with van der Waals surface area (Å²) in [4.78, 5) is 0.168. The minimum atomic E-state index is -2.25. The minimum absolute atomic E-state index is 0.168. The van der Waals surface area contributed by atoms with Crippen molar-refractivity contribution in [2.45, 2.75) is 12.8 Å². The van der Waals surface area contributed by atoms with Crippen LogP contribution in [-0.2, 0) is 15.8 Å². The van der Waals surface area contributed by atoms with Crippen molar-refractivity contribution in [2.24, 2.45) is 5.73 Å². The van der Waals surface area contributed by atoms with Gasteiger partial charge in [0.1, 0.15) is 5.76 Å². The maximum absolute atomic E-state index is 10.6. The standard InChI is InChI=1S/C7H11NO3S/c1-11-6-3-2-5(8)4-7(6)12(9)10/h4H,2-3,8H2,1H3,(H,9,10)/p-1. The minimum Gasteiger partial charge on any atom is -0.768 e. The third kappa shape index (κ3) is 1.86. The molecule has 0 aromatic carbocycles. The van der Waals surface area contributed by atoms with Gasteiger partial charge in [0.2, 0.25) is 0 Å². The van der Waals surface area contributed by atoms with Crippen LogP contribution < -0.4 is 5.73 Å². The quantitative estimate of drug-likeness (QED) is 0.635. The average molecular weight is 188 g/mol. The summed E-state index contributed by atoms with van der Waals surface area (Å²) >= 11 is -2.25. The molecule has 0 bridgehead atoms. The first kappa shape index (κ1) is 9.28. The molecular formula is C7H10NO3S-. The largest absolute Gasteiger partial charge is 0.768 e. The van der Waals surface area contributed by atoms with Crippen LogP contribution in [0.4, 0.5) is 0 Å². The SMILES string of the molecule is COC1=C(S(=O)[O-])C=C(N)CC1. The van der Waals surface area contributed by atoms with Crippen LogP contribution in [0, 0.1) is 0 Å². The highest BCUT2D eigenvalue weighted by Crippen LogP contribution is 2.23. The number of rotatable bonds is 2. The van der Waals surface area contributed by atoms with Crippen LogP contribution in [0.5, 0.6) is 0 Å². The molecular weight excluding hydrogens is 178 g/mol. The zero-order valence-corrected chi connectivity index (χ0v) is 7.52. The molecule has 0 radical (unpaired) electrons. The van der Waals surface area contributed by atoms with Crippen LogP contribution in [0.1, 0.15) is 12.8 Å². The predicted molar refractivity (Wildman–Crippen MR) is 44.5 cm³/mol. The second-order valence-electron chi connectivity index (χ2n) is 2.45. The Bertz CT molecular complexity index is 270. The Kier molecular flexibility index (Phi) is 2.88. The topological polar surface area (TPSA) is 75.4 Å². The summed E-state index contributed by atoms with van der Waals surface area (Å²) in [5, 5.41) is 0. The molecule has 4 nitrogen and oxygen atoms in total. The third-order valence-corrected chi connectivity index (χ3v) is 2.36. The van der Waals surface area contributed by atoms with Gasteiger partial charge in [-0.05, 0) is 23.6 Å². The fraction of sp³-hybridized carbons (Fsp3) is 0.429. The van der Waals surface area contributed by atoms with Crippen molar-refractivity contribution in [2.75, 3.05) is 7.11 Å². The molecule has 1 rings (SSSR count). The van der Waals surface area contributed by atoms with E-state index in [0.29, 0.717) is 24.3 Å². The lowest BCUT2D eigenvalue weighted by molar-refractivity contribution is 0.273. The molecule has 0 saturated carbocycles. The molecule has 0 fully saturated rings. The molecule has 0 aromatic heterocycles. The van der Waals surface area contributed by atoms with Crippen molar-refractivity contribution in [1.29, 1.82) is 0 Å². The first-order chi connectivity index (χ1) is 5.65. The maximum atomic E-state index is 10.6. The van der Waals surface area contributed by atoms with Gasteiger partial charge in [-0.3, -0.25) is 4.21 Å². The number of allylic oxidation sites excluding steroid dienone is 3. The van der Waals surface area contributed by atoms with Gasteiger partial charge in [-0.15, -0.1) is 0 Å². The van der Waals surface area contributed by atoms with E-state index in [1.54, 1.807) is 0 Å². The zero-order chi connectivity index (χ0) is 9.14. The van der Waals surface area contributed by atoms with Crippen LogP contribution in [-0.4, -0.2) is 15.9 Å². The summed E-state index contributed by atoms with van der Waals surface area (Å²) in [7, 11) is 1.46. The number of hydrogen-bond acceptors (Lipinski definition) is 4. The molecule has 0 aliphatic heterocycles. The number of methoxy groups -OCH3 is 1. The van der Waals surface area contributed by atoms with Crippen LogP contribution in [0.3, 0.4) is 0 Å². The van der Waals surface area contributed by atoms with E-state index in [0.717, 1.165) is 0 Å². The van der Waals surface area contributed by atoms with Gasteiger partial charge >= 0.3 is 0 Å². The Balaban J connectivity index is 3.00. The van der Waals surface area contributed by atoms with Gasteiger partial charge in [0.05, 0.1) is 12.0 Å². The number of hydrogen-bond donors (Lipinski definition) is 1. The number of ether oxygens (including phenoxy) is 1. The third-order valence-electron chi connectivity index (χ3n) is 1.66. The molecule has 2 N–H and O–H groups in total. The molecule has 1 aliphatic carbocycles. The molecule has 1 atom stereocenters. The molecule has 0 saturated heterocycles. The number of nitrogens with two attached hydrogens (primary N) is 1. The fourth-order valence-corrected chi connectivity index (χ4v) is 1.66. The van der Waals surface area contributed by atoms with Gasteiger partial charge in [0, 0.05) is 12.1 Å². The monoisotopic (exact) mass is 188 g/mol. The van der Waals surface area contributed by atoms with E-state index in [9.17, 15) is 8.76 Å². The van der Waals surface area contributed by atoms with E-state index in [1.165, 1.54) is 13.2 Å². The van der Waals surface area contributed by atoms with E-state index in [-0.39, 0.29) is 4.91 Å². The normalized spacial score (nSPS) is 20.3. The smallest absolute Gasteiger partial charge is 0.111 e. The summed E-state index contributed by atoms with van der Waals surface area (Å²) in [6.45, 7) is 0. The molecule has 1 unspecified atom stereocenters. The second kappa shape index (κ2) is 3.73. The molecule has 0 aromatic rings. The highest BCUT2D eigenvalue weighted by molar-refractivity contribution is 7.83. The summed E-state index contributed by atoms with van der Waals surface area (Å²) in [5.74, 6) is 0.484. The van der Waals surface area contributed by atoms with Crippen LogP contribution in [0.2, 0.25) is 0 Å². The highest BCUT2D eigenvalue weighted by Gasteiger charge is 2.12. The summed E-state index contributed by atoms with van der Waals surface area (Å²) in [6.07, 6.45) is 2.65. The average Bonchev–Trinajstić information content (AvgIpc) is 2.04. The van der Waals surface area contributed by atoms with Gasteiger partial charge in [0.25, 0.3) is 0 Å². The Morgan fingerprint density at radius 2 is 2.33 bits per heavy atom. The summed E-state index contributed by atoms with van der Waals surface area (Å²) < 4.78 is 26.2. The molecule has 1 aliphatic rings. The van der Waals surface area contributed by atoms with Crippen molar-refractivity contribution in [3.05, 3.63) is 22.4 Å². The Morgan fingerprint density at radius 3 is 2.83 bits per heavy atom. The van der Waals surface area contributed by atoms with Crippen molar-refractivity contribution in [1.82, 2.24) is 0 Å². The van der Waals surface area contributed by atoms with Gasteiger partial charge in [-0.25, -0.2) is 0 Å². The lowest BCUT2D eigenvalue weighted by Crippen LogP contribution is -2.09.